The lowest BCUT2D eigenvalue weighted by Crippen LogP contribution is -2.29. The molecule has 0 aromatic carbocycles. The molecule has 0 radical (unpaired) electrons. The van der Waals surface area contributed by atoms with Crippen molar-refractivity contribution in [2.75, 3.05) is 11.4 Å². The number of aromatic nitrogens is 1. The van der Waals surface area contributed by atoms with Crippen molar-refractivity contribution < 1.29 is 9.59 Å². The number of anilines is 1. The van der Waals surface area contributed by atoms with E-state index < -0.39 is 0 Å². The Morgan fingerprint density at radius 2 is 2.28 bits per heavy atom. The fourth-order valence-corrected chi connectivity index (χ4v) is 2.83. The summed E-state index contributed by atoms with van der Waals surface area (Å²) in [7, 11) is 0. The summed E-state index contributed by atoms with van der Waals surface area (Å²) >= 11 is 6.24. The third-order valence-corrected chi connectivity index (χ3v) is 4.26. The first-order valence-electron chi connectivity index (χ1n) is 5.98. The van der Waals surface area contributed by atoms with Crippen LogP contribution in [0.1, 0.15) is 29.3 Å². The first-order valence-corrected chi connectivity index (χ1v) is 6.36. The van der Waals surface area contributed by atoms with E-state index >= 15 is 0 Å². The lowest BCUT2D eigenvalue weighted by molar-refractivity contribution is -0.118. The number of halogens is 1. The molecule has 5 heteroatoms. The van der Waals surface area contributed by atoms with Crippen molar-refractivity contribution in [2.45, 2.75) is 20.3 Å². The molecule has 0 spiro atoms. The number of nitrogens with zero attached hydrogens (tertiary/aromatic N) is 2. The normalized spacial score (nSPS) is 25.3. The maximum Gasteiger partial charge on any atom is 0.231 e. The van der Waals surface area contributed by atoms with Gasteiger partial charge in [0, 0.05) is 24.2 Å². The minimum Gasteiger partial charge on any atom is -0.295 e. The highest BCUT2D eigenvalue weighted by Crippen LogP contribution is 2.48. The quantitative estimate of drug-likeness (QED) is 0.770. The van der Waals surface area contributed by atoms with Crippen molar-refractivity contribution >= 4 is 29.1 Å². The Kier molecular flexibility index (Phi) is 2.45. The van der Waals surface area contributed by atoms with Crippen LogP contribution in [0.5, 0.6) is 0 Å². The molecular weight excluding hydrogens is 252 g/mol. The SMILES string of the molecule is CC(=O)c1cnc(N2C[C@H]3C[C@H]3C2=O)c(Cl)c1C. The Bertz CT molecular complexity index is 570. The molecular formula is C13H13ClN2O2. The van der Waals surface area contributed by atoms with Gasteiger partial charge in [0.25, 0.3) is 0 Å². The molecule has 1 aliphatic carbocycles. The van der Waals surface area contributed by atoms with Crippen LogP contribution >= 0.6 is 11.6 Å². The van der Waals surface area contributed by atoms with Gasteiger partial charge in [0.2, 0.25) is 5.91 Å². The van der Waals surface area contributed by atoms with Crippen LogP contribution in [0, 0.1) is 18.8 Å². The van der Waals surface area contributed by atoms with E-state index in [0.29, 0.717) is 34.4 Å². The molecule has 3 rings (SSSR count). The van der Waals surface area contributed by atoms with E-state index in [1.807, 2.05) is 0 Å². The van der Waals surface area contributed by atoms with Gasteiger partial charge in [-0.1, -0.05) is 11.6 Å². The fraction of sp³-hybridized carbons (Fsp3) is 0.462. The number of hydrogen-bond donors (Lipinski definition) is 0. The van der Waals surface area contributed by atoms with E-state index in [2.05, 4.69) is 4.98 Å². The van der Waals surface area contributed by atoms with Crippen LogP contribution in [0.15, 0.2) is 6.20 Å². The van der Waals surface area contributed by atoms with Gasteiger partial charge in [0.05, 0.1) is 5.02 Å². The van der Waals surface area contributed by atoms with Crippen LogP contribution in [-0.4, -0.2) is 23.2 Å². The van der Waals surface area contributed by atoms with Gasteiger partial charge in [-0.05, 0) is 31.7 Å². The summed E-state index contributed by atoms with van der Waals surface area (Å²) in [6.45, 7) is 3.97. The van der Waals surface area contributed by atoms with Gasteiger partial charge in [-0.2, -0.15) is 0 Å². The second kappa shape index (κ2) is 3.79. The van der Waals surface area contributed by atoms with E-state index in [1.165, 1.54) is 13.1 Å². The highest BCUT2D eigenvalue weighted by atomic mass is 35.5. The Balaban J connectivity index is 2.01. The van der Waals surface area contributed by atoms with Gasteiger partial charge < -0.3 is 0 Å². The van der Waals surface area contributed by atoms with Crippen molar-refractivity contribution in [3.8, 4) is 0 Å². The molecule has 2 fully saturated rings. The van der Waals surface area contributed by atoms with Crippen molar-refractivity contribution in [3.05, 3.63) is 22.3 Å². The van der Waals surface area contributed by atoms with E-state index in [-0.39, 0.29) is 17.6 Å². The Morgan fingerprint density at radius 1 is 1.56 bits per heavy atom. The minimum absolute atomic E-state index is 0.0657. The number of carbonyl (C=O) groups is 2. The molecule has 2 heterocycles. The molecule has 1 aromatic rings. The molecule has 94 valence electrons. The Morgan fingerprint density at radius 3 is 2.83 bits per heavy atom. The second-order valence-electron chi connectivity index (χ2n) is 5.04. The molecule has 18 heavy (non-hydrogen) atoms. The minimum atomic E-state index is -0.0657. The Hall–Kier alpha value is -1.42. The number of fused-ring (bicyclic) bond motifs is 1. The number of rotatable bonds is 2. The lowest BCUT2D eigenvalue weighted by Gasteiger charge is -2.20. The zero-order chi connectivity index (χ0) is 13.0. The molecule has 1 aliphatic heterocycles. The zero-order valence-electron chi connectivity index (χ0n) is 10.2. The summed E-state index contributed by atoms with van der Waals surface area (Å²) in [6, 6.07) is 0. The smallest absolute Gasteiger partial charge is 0.231 e. The number of hydrogen-bond acceptors (Lipinski definition) is 3. The van der Waals surface area contributed by atoms with Crippen LogP contribution in [0.25, 0.3) is 0 Å². The maximum atomic E-state index is 12.0. The largest absolute Gasteiger partial charge is 0.295 e. The van der Waals surface area contributed by atoms with Gasteiger partial charge in [0.1, 0.15) is 0 Å². The number of ketones is 1. The fourth-order valence-electron chi connectivity index (χ4n) is 2.58. The molecule has 4 nitrogen and oxygen atoms in total. The number of pyridine rings is 1. The molecule has 1 saturated heterocycles. The topological polar surface area (TPSA) is 50.3 Å². The standard InChI is InChI=1S/C13H13ClN2O2/c1-6-10(7(2)17)4-15-12(11(6)14)16-5-8-3-9(8)13(16)18/h4,8-9H,3,5H2,1-2H3/t8-,9-/m1/s1. The van der Waals surface area contributed by atoms with Gasteiger partial charge in [0.15, 0.2) is 11.6 Å². The highest BCUT2D eigenvalue weighted by molar-refractivity contribution is 6.34. The average Bonchev–Trinajstić information content (AvgIpc) is 3.02. The molecule has 1 saturated carbocycles. The number of carbonyl (C=O) groups excluding carboxylic acids is 2. The van der Waals surface area contributed by atoms with Crippen LogP contribution in [0.2, 0.25) is 5.02 Å². The van der Waals surface area contributed by atoms with Crippen molar-refractivity contribution in [3.63, 3.8) is 0 Å². The number of piperidine rings is 1. The number of amides is 1. The molecule has 1 aromatic heterocycles. The molecule has 0 unspecified atom stereocenters. The van der Waals surface area contributed by atoms with Crippen LogP contribution < -0.4 is 4.90 Å². The molecule has 1 amide bonds. The summed E-state index contributed by atoms with van der Waals surface area (Å²) in [4.78, 5) is 29.2. The third kappa shape index (κ3) is 1.56. The third-order valence-electron chi connectivity index (χ3n) is 3.80. The van der Waals surface area contributed by atoms with Crippen molar-refractivity contribution in [1.82, 2.24) is 4.98 Å². The van der Waals surface area contributed by atoms with Gasteiger partial charge in [-0.15, -0.1) is 0 Å². The number of Topliss-reactive ketones (excluding diaryl/α,β-unsaturated/α-hetero) is 1. The highest BCUT2D eigenvalue weighted by Gasteiger charge is 2.53. The van der Waals surface area contributed by atoms with Crippen LogP contribution in [0.3, 0.4) is 0 Å². The summed E-state index contributed by atoms with van der Waals surface area (Å²) in [6.07, 6.45) is 2.51. The van der Waals surface area contributed by atoms with E-state index in [0.717, 1.165) is 6.42 Å². The van der Waals surface area contributed by atoms with Gasteiger partial charge >= 0.3 is 0 Å². The van der Waals surface area contributed by atoms with E-state index in [9.17, 15) is 9.59 Å². The van der Waals surface area contributed by atoms with E-state index in [1.54, 1.807) is 11.8 Å². The predicted molar refractivity (Wildman–Crippen MR) is 67.9 cm³/mol. The predicted octanol–water partition coefficient (Wildman–Crippen LogP) is 2.23. The molecule has 2 atom stereocenters. The van der Waals surface area contributed by atoms with Gasteiger partial charge in [-0.3, -0.25) is 14.5 Å². The summed E-state index contributed by atoms with van der Waals surface area (Å²) < 4.78 is 0. The van der Waals surface area contributed by atoms with Crippen molar-refractivity contribution in [1.29, 1.82) is 0 Å². The first kappa shape index (κ1) is 11.7. The molecule has 2 aliphatic rings. The second-order valence-corrected chi connectivity index (χ2v) is 5.42. The Labute approximate surface area is 110 Å². The summed E-state index contributed by atoms with van der Waals surface area (Å²) in [5.41, 5.74) is 1.21. The first-order chi connectivity index (χ1) is 8.50. The van der Waals surface area contributed by atoms with Crippen molar-refractivity contribution in [2.24, 2.45) is 11.8 Å². The van der Waals surface area contributed by atoms with E-state index in [4.69, 9.17) is 11.6 Å². The molecule has 0 bridgehead atoms. The van der Waals surface area contributed by atoms with Crippen LogP contribution in [-0.2, 0) is 4.79 Å². The summed E-state index contributed by atoms with van der Waals surface area (Å²) in [5.74, 6) is 1.20. The zero-order valence-corrected chi connectivity index (χ0v) is 11.0. The van der Waals surface area contributed by atoms with Gasteiger partial charge in [-0.25, -0.2) is 4.98 Å². The lowest BCUT2D eigenvalue weighted by atomic mass is 10.1. The monoisotopic (exact) mass is 264 g/mol. The maximum absolute atomic E-state index is 12.0. The van der Waals surface area contributed by atoms with Crippen LogP contribution in [0.4, 0.5) is 5.82 Å². The molecule has 0 N–H and O–H groups in total. The average molecular weight is 265 g/mol. The summed E-state index contributed by atoms with van der Waals surface area (Å²) in [5, 5.41) is 0.414.